The minimum Gasteiger partial charge on any atom is -0.357 e. The van der Waals surface area contributed by atoms with Gasteiger partial charge in [0, 0.05) is 6.42 Å². The van der Waals surface area contributed by atoms with Crippen LogP contribution in [0.4, 0.5) is 0 Å². The fourth-order valence-electron chi connectivity index (χ4n) is 1.18. The molecule has 4 nitrogen and oxygen atoms in total. The van der Waals surface area contributed by atoms with Gasteiger partial charge < -0.3 is 5.11 Å². The van der Waals surface area contributed by atoms with E-state index < -0.39 is 5.72 Å². The number of rotatable bonds is 4. The number of aliphatic hydroxyl groups is 1. The van der Waals surface area contributed by atoms with Crippen molar-refractivity contribution in [3.8, 4) is 6.07 Å². The Morgan fingerprint density at radius 2 is 2.07 bits per heavy atom. The number of benzene rings is 1. The first kappa shape index (κ1) is 11.1. The summed E-state index contributed by atoms with van der Waals surface area (Å²) in [7, 11) is 0. The summed E-state index contributed by atoms with van der Waals surface area (Å²) in [6.07, 6.45) is 1.77. The second-order valence-electron chi connectivity index (χ2n) is 3.12. The van der Waals surface area contributed by atoms with E-state index in [1.54, 1.807) is 6.07 Å². The van der Waals surface area contributed by atoms with E-state index in [2.05, 4.69) is 4.99 Å². The molecule has 1 unspecified atom stereocenters. The minimum absolute atomic E-state index is 0.0861. The molecule has 0 aliphatic rings. The van der Waals surface area contributed by atoms with Gasteiger partial charge in [-0.1, -0.05) is 30.3 Å². The molecule has 1 aromatic carbocycles. The lowest BCUT2D eigenvalue weighted by molar-refractivity contribution is 0.0996. The van der Waals surface area contributed by atoms with E-state index in [0.29, 0.717) is 6.42 Å². The molecular weight excluding hydrogens is 192 g/mol. The second-order valence-corrected chi connectivity index (χ2v) is 3.12. The molecule has 1 N–H and O–H groups in total. The number of hydrogen-bond donors (Lipinski definition) is 1. The van der Waals surface area contributed by atoms with Gasteiger partial charge in [0.2, 0.25) is 6.08 Å². The van der Waals surface area contributed by atoms with Crippen LogP contribution in [0.25, 0.3) is 0 Å². The van der Waals surface area contributed by atoms with Crippen molar-refractivity contribution in [1.82, 2.24) is 0 Å². The van der Waals surface area contributed by atoms with Gasteiger partial charge in [-0.05, 0) is 12.0 Å². The van der Waals surface area contributed by atoms with Gasteiger partial charge in [0.15, 0.2) is 0 Å². The summed E-state index contributed by atoms with van der Waals surface area (Å²) >= 11 is 0. The van der Waals surface area contributed by atoms with Gasteiger partial charge in [-0.2, -0.15) is 10.3 Å². The molecule has 0 spiro atoms. The molecule has 0 amide bonds. The van der Waals surface area contributed by atoms with E-state index in [1.807, 2.05) is 30.3 Å². The first-order chi connectivity index (χ1) is 7.20. The summed E-state index contributed by atoms with van der Waals surface area (Å²) in [5.41, 5.74) is -0.968. The molecule has 0 aliphatic carbocycles. The monoisotopic (exact) mass is 202 g/mol. The number of hydrogen-bond acceptors (Lipinski definition) is 4. The Bertz CT molecular complexity index is 404. The highest BCUT2D eigenvalue weighted by Gasteiger charge is 2.24. The second kappa shape index (κ2) is 5.06. The Hall–Kier alpha value is -1.95. The number of aliphatic imine (C=N–C) groups is 1. The lowest BCUT2D eigenvalue weighted by Gasteiger charge is -2.12. The maximum atomic E-state index is 9.99. The zero-order valence-corrected chi connectivity index (χ0v) is 8.05. The van der Waals surface area contributed by atoms with Crippen molar-refractivity contribution < 1.29 is 9.90 Å². The Morgan fingerprint density at radius 3 is 2.60 bits per heavy atom. The third kappa shape index (κ3) is 3.35. The molecule has 0 bridgehead atoms. The van der Waals surface area contributed by atoms with Gasteiger partial charge in [0.25, 0.3) is 5.72 Å². The van der Waals surface area contributed by atoms with E-state index in [-0.39, 0.29) is 6.42 Å². The van der Waals surface area contributed by atoms with Crippen LogP contribution >= 0.6 is 0 Å². The van der Waals surface area contributed by atoms with Gasteiger partial charge in [-0.15, -0.1) is 0 Å². The number of nitrogens with zero attached hydrogens (tertiary/aromatic N) is 2. The van der Waals surface area contributed by atoms with Crippen molar-refractivity contribution in [3.63, 3.8) is 0 Å². The van der Waals surface area contributed by atoms with E-state index in [1.165, 1.54) is 6.08 Å². The first-order valence-electron chi connectivity index (χ1n) is 4.47. The lowest BCUT2D eigenvalue weighted by Crippen LogP contribution is -2.23. The number of nitriles is 1. The summed E-state index contributed by atoms with van der Waals surface area (Å²) in [5.74, 6) is 0. The molecule has 0 aliphatic heterocycles. The van der Waals surface area contributed by atoms with Crippen molar-refractivity contribution in [2.45, 2.75) is 18.6 Å². The Labute approximate surface area is 87.5 Å². The van der Waals surface area contributed by atoms with Crippen LogP contribution in [0.15, 0.2) is 35.3 Å². The summed E-state index contributed by atoms with van der Waals surface area (Å²) < 4.78 is 0. The average Bonchev–Trinajstić information content (AvgIpc) is 2.28. The Morgan fingerprint density at radius 1 is 1.40 bits per heavy atom. The topological polar surface area (TPSA) is 73.4 Å². The predicted molar refractivity (Wildman–Crippen MR) is 53.4 cm³/mol. The van der Waals surface area contributed by atoms with Crippen LogP contribution in [0.1, 0.15) is 12.0 Å². The van der Waals surface area contributed by atoms with E-state index >= 15 is 0 Å². The summed E-state index contributed by atoms with van der Waals surface area (Å²) in [4.78, 5) is 13.1. The molecule has 1 atom stereocenters. The summed E-state index contributed by atoms with van der Waals surface area (Å²) in [5, 5.41) is 18.1. The minimum atomic E-state index is -1.95. The van der Waals surface area contributed by atoms with Crippen LogP contribution in [0.2, 0.25) is 0 Å². The first-order valence-corrected chi connectivity index (χ1v) is 4.47. The third-order valence-electron chi connectivity index (χ3n) is 2.01. The fraction of sp³-hybridized carbons (Fsp3) is 0.273. The average molecular weight is 202 g/mol. The molecule has 76 valence electrons. The standard InChI is InChI=1S/C11H10N2O2/c12-8-11(15,13-9-14)7-6-10-4-2-1-3-5-10/h1-5,15H,6-7H2. The molecule has 0 radical (unpaired) electrons. The molecule has 0 fully saturated rings. The van der Waals surface area contributed by atoms with Crippen molar-refractivity contribution in [1.29, 1.82) is 5.26 Å². The molecule has 0 aromatic heterocycles. The van der Waals surface area contributed by atoms with E-state index in [0.717, 1.165) is 5.56 Å². The van der Waals surface area contributed by atoms with E-state index in [4.69, 9.17) is 5.26 Å². The van der Waals surface area contributed by atoms with E-state index in [9.17, 15) is 9.90 Å². The van der Waals surface area contributed by atoms with Crippen molar-refractivity contribution in [2.75, 3.05) is 0 Å². The highest BCUT2D eigenvalue weighted by molar-refractivity contribution is 5.35. The summed E-state index contributed by atoms with van der Waals surface area (Å²) in [6, 6.07) is 10.9. The van der Waals surface area contributed by atoms with Crippen molar-refractivity contribution in [2.24, 2.45) is 4.99 Å². The zero-order chi connectivity index (χ0) is 11.1. The maximum absolute atomic E-state index is 9.99. The van der Waals surface area contributed by atoms with Crippen LogP contribution in [-0.2, 0) is 11.2 Å². The fourth-order valence-corrected chi connectivity index (χ4v) is 1.18. The van der Waals surface area contributed by atoms with Gasteiger partial charge in [0.1, 0.15) is 6.07 Å². The van der Waals surface area contributed by atoms with Crippen LogP contribution in [0.3, 0.4) is 0 Å². The molecule has 15 heavy (non-hydrogen) atoms. The number of aryl methyl sites for hydroxylation is 1. The molecule has 4 heteroatoms. The Kier molecular flexibility index (Phi) is 3.75. The van der Waals surface area contributed by atoms with Gasteiger partial charge in [-0.25, -0.2) is 4.79 Å². The third-order valence-corrected chi connectivity index (χ3v) is 2.01. The quantitative estimate of drug-likeness (QED) is 0.452. The van der Waals surface area contributed by atoms with Crippen LogP contribution in [-0.4, -0.2) is 16.9 Å². The number of isocyanates is 1. The maximum Gasteiger partial charge on any atom is 0.257 e. The molecule has 0 saturated carbocycles. The van der Waals surface area contributed by atoms with Crippen LogP contribution < -0.4 is 0 Å². The highest BCUT2D eigenvalue weighted by Crippen LogP contribution is 2.14. The highest BCUT2D eigenvalue weighted by atomic mass is 16.3. The van der Waals surface area contributed by atoms with Gasteiger partial charge in [-0.3, -0.25) is 0 Å². The van der Waals surface area contributed by atoms with Gasteiger partial charge in [0.05, 0.1) is 0 Å². The molecule has 1 aromatic rings. The Balaban J connectivity index is 2.64. The smallest absolute Gasteiger partial charge is 0.257 e. The largest absolute Gasteiger partial charge is 0.357 e. The molecule has 1 rings (SSSR count). The molecule has 0 saturated heterocycles. The number of carbonyl (C=O) groups excluding carboxylic acids is 1. The summed E-state index contributed by atoms with van der Waals surface area (Å²) in [6.45, 7) is 0. The van der Waals surface area contributed by atoms with Crippen molar-refractivity contribution >= 4 is 6.08 Å². The lowest BCUT2D eigenvalue weighted by atomic mass is 10.0. The SMILES string of the molecule is N#CC(O)(CCc1ccccc1)N=C=O. The van der Waals surface area contributed by atoms with Gasteiger partial charge >= 0.3 is 0 Å². The van der Waals surface area contributed by atoms with Crippen molar-refractivity contribution in [3.05, 3.63) is 35.9 Å². The predicted octanol–water partition coefficient (Wildman–Crippen LogP) is 1.17. The zero-order valence-electron chi connectivity index (χ0n) is 8.05. The molecular formula is C11H10N2O2. The van der Waals surface area contributed by atoms with Crippen LogP contribution in [0, 0.1) is 11.3 Å². The van der Waals surface area contributed by atoms with Crippen LogP contribution in [0.5, 0.6) is 0 Å². The normalized spacial score (nSPS) is 13.3. The molecule has 0 heterocycles.